The molecule has 24 heavy (non-hydrogen) atoms. The minimum atomic E-state index is -0.390. The lowest BCUT2D eigenvalue weighted by molar-refractivity contribution is 0.0600. The van der Waals surface area contributed by atoms with Crippen molar-refractivity contribution in [3.8, 4) is 11.1 Å². The van der Waals surface area contributed by atoms with Crippen LogP contribution in [0.3, 0.4) is 0 Å². The highest BCUT2D eigenvalue weighted by Crippen LogP contribution is 2.29. The van der Waals surface area contributed by atoms with Gasteiger partial charge in [-0.2, -0.15) is 0 Å². The maximum atomic E-state index is 11.7. The molecule has 0 atom stereocenters. The number of methoxy groups -OCH3 is 1. The lowest BCUT2D eigenvalue weighted by atomic mass is 10.0. The summed E-state index contributed by atoms with van der Waals surface area (Å²) in [5, 5.41) is 1.03. The highest BCUT2D eigenvalue weighted by atomic mass is 79.9. The van der Waals surface area contributed by atoms with Crippen LogP contribution in [0.4, 0.5) is 0 Å². The second kappa shape index (κ2) is 5.76. The summed E-state index contributed by atoms with van der Waals surface area (Å²) in [6, 6.07) is 16.2. The summed E-state index contributed by atoms with van der Waals surface area (Å²) >= 11 is 3.45. The minimum absolute atomic E-state index is 0.390. The van der Waals surface area contributed by atoms with Gasteiger partial charge < -0.3 is 9.72 Å². The van der Waals surface area contributed by atoms with E-state index in [1.54, 1.807) is 12.3 Å². The standard InChI is InChI=1S/C19H13BrN2O2/c1-24-19(23)13-9-17-18(21-10-13)15-7-4-12(8-16(15)22-17)11-2-5-14(20)6-3-11/h2-10,22H,1H3. The molecule has 0 saturated carbocycles. The van der Waals surface area contributed by atoms with Crippen LogP contribution < -0.4 is 0 Å². The molecule has 0 spiro atoms. The van der Waals surface area contributed by atoms with Crippen LogP contribution in [0.5, 0.6) is 0 Å². The zero-order valence-electron chi connectivity index (χ0n) is 12.8. The van der Waals surface area contributed by atoms with Crippen LogP contribution in [-0.4, -0.2) is 23.0 Å². The number of aromatic amines is 1. The number of H-pyrrole nitrogens is 1. The fourth-order valence-electron chi connectivity index (χ4n) is 2.83. The van der Waals surface area contributed by atoms with Gasteiger partial charge in [0.25, 0.3) is 0 Å². The summed E-state index contributed by atoms with van der Waals surface area (Å²) in [4.78, 5) is 19.4. The van der Waals surface area contributed by atoms with E-state index in [4.69, 9.17) is 4.74 Å². The zero-order chi connectivity index (χ0) is 16.7. The molecule has 0 bridgehead atoms. The van der Waals surface area contributed by atoms with Gasteiger partial charge in [0.15, 0.2) is 0 Å². The average Bonchev–Trinajstić information content (AvgIpc) is 2.98. The number of ether oxygens (including phenoxy) is 1. The van der Waals surface area contributed by atoms with Crippen LogP contribution in [0, 0.1) is 0 Å². The van der Waals surface area contributed by atoms with Gasteiger partial charge in [-0.15, -0.1) is 0 Å². The molecule has 0 radical (unpaired) electrons. The predicted octanol–water partition coefficient (Wildman–Crippen LogP) is 4.93. The van der Waals surface area contributed by atoms with Crippen molar-refractivity contribution in [3.63, 3.8) is 0 Å². The first kappa shape index (κ1) is 14.9. The van der Waals surface area contributed by atoms with E-state index >= 15 is 0 Å². The third kappa shape index (κ3) is 2.47. The van der Waals surface area contributed by atoms with Gasteiger partial charge in [-0.3, -0.25) is 4.98 Å². The Hall–Kier alpha value is -2.66. The number of nitrogens with zero attached hydrogens (tertiary/aromatic N) is 1. The average molecular weight is 381 g/mol. The first-order valence-corrected chi connectivity index (χ1v) is 8.21. The number of pyridine rings is 1. The van der Waals surface area contributed by atoms with Gasteiger partial charge in [-0.1, -0.05) is 40.2 Å². The number of fused-ring (bicyclic) bond motifs is 3. The molecule has 4 rings (SSSR count). The first-order chi connectivity index (χ1) is 11.7. The molecule has 0 fully saturated rings. The van der Waals surface area contributed by atoms with Gasteiger partial charge in [0, 0.05) is 21.6 Å². The Bertz CT molecular complexity index is 1070. The summed E-state index contributed by atoms with van der Waals surface area (Å²) in [6.45, 7) is 0. The molecular formula is C19H13BrN2O2. The third-order valence-corrected chi connectivity index (χ3v) is 4.56. The second-order valence-electron chi connectivity index (χ2n) is 5.50. The summed E-state index contributed by atoms with van der Waals surface area (Å²) in [6.07, 6.45) is 1.55. The molecule has 0 aliphatic carbocycles. The van der Waals surface area contributed by atoms with Crippen LogP contribution in [0.25, 0.3) is 33.1 Å². The molecule has 4 nitrogen and oxygen atoms in total. The first-order valence-electron chi connectivity index (χ1n) is 7.41. The highest BCUT2D eigenvalue weighted by Gasteiger charge is 2.11. The number of halogens is 1. The summed E-state index contributed by atoms with van der Waals surface area (Å²) < 4.78 is 5.80. The van der Waals surface area contributed by atoms with Crippen molar-refractivity contribution in [1.29, 1.82) is 0 Å². The van der Waals surface area contributed by atoms with Gasteiger partial charge in [0.05, 0.1) is 23.7 Å². The lowest BCUT2D eigenvalue weighted by Crippen LogP contribution is -2.01. The molecule has 0 amide bonds. The van der Waals surface area contributed by atoms with Crippen molar-refractivity contribution >= 4 is 43.8 Å². The molecule has 0 aliphatic heterocycles. The van der Waals surface area contributed by atoms with Crippen molar-refractivity contribution in [2.45, 2.75) is 0 Å². The number of aromatic nitrogens is 2. The number of carbonyl (C=O) groups is 1. The summed E-state index contributed by atoms with van der Waals surface area (Å²) in [5.41, 5.74) is 5.35. The van der Waals surface area contributed by atoms with Gasteiger partial charge in [-0.05, 0) is 35.4 Å². The van der Waals surface area contributed by atoms with Crippen LogP contribution in [0.1, 0.15) is 10.4 Å². The van der Waals surface area contributed by atoms with Crippen molar-refractivity contribution in [2.24, 2.45) is 0 Å². The summed E-state index contributed by atoms with van der Waals surface area (Å²) in [5.74, 6) is -0.390. The monoisotopic (exact) mass is 380 g/mol. The molecule has 2 heterocycles. The number of benzene rings is 2. The third-order valence-electron chi connectivity index (χ3n) is 4.03. The molecule has 0 aliphatic rings. The van der Waals surface area contributed by atoms with Gasteiger partial charge in [-0.25, -0.2) is 4.79 Å². The van der Waals surface area contributed by atoms with E-state index in [2.05, 4.69) is 56.2 Å². The van der Waals surface area contributed by atoms with E-state index in [0.29, 0.717) is 5.56 Å². The quantitative estimate of drug-likeness (QED) is 0.501. The lowest BCUT2D eigenvalue weighted by Gasteiger charge is -2.02. The van der Waals surface area contributed by atoms with Gasteiger partial charge >= 0.3 is 5.97 Å². The Morgan fingerprint density at radius 3 is 2.54 bits per heavy atom. The van der Waals surface area contributed by atoms with Crippen molar-refractivity contribution in [3.05, 3.63) is 64.8 Å². The number of nitrogens with one attached hydrogen (secondary N) is 1. The fraction of sp³-hybridized carbons (Fsp3) is 0.0526. The van der Waals surface area contributed by atoms with E-state index in [1.807, 2.05) is 12.1 Å². The molecular weight excluding hydrogens is 368 g/mol. The molecule has 1 N–H and O–H groups in total. The van der Waals surface area contributed by atoms with Gasteiger partial charge in [0.1, 0.15) is 0 Å². The SMILES string of the molecule is COC(=O)c1cnc2c(c1)[nH]c1cc(-c3ccc(Br)cc3)ccc12. The fourth-order valence-corrected chi connectivity index (χ4v) is 3.09. The van der Waals surface area contributed by atoms with E-state index in [0.717, 1.165) is 37.5 Å². The number of carbonyl (C=O) groups excluding carboxylic acids is 1. The second-order valence-corrected chi connectivity index (χ2v) is 6.42. The van der Waals surface area contributed by atoms with Crippen molar-refractivity contribution < 1.29 is 9.53 Å². The van der Waals surface area contributed by atoms with Crippen LogP contribution in [-0.2, 0) is 4.74 Å². The van der Waals surface area contributed by atoms with Crippen molar-refractivity contribution in [1.82, 2.24) is 9.97 Å². The molecule has 0 saturated heterocycles. The largest absolute Gasteiger partial charge is 0.465 e. The molecule has 0 unspecified atom stereocenters. The number of hydrogen-bond acceptors (Lipinski definition) is 3. The van der Waals surface area contributed by atoms with E-state index < -0.39 is 5.97 Å². The van der Waals surface area contributed by atoms with Crippen LogP contribution >= 0.6 is 15.9 Å². The Morgan fingerprint density at radius 2 is 1.79 bits per heavy atom. The Morgan fingerprint density at radius 1 is 1.04 bits per heavy atom. The number of hydrogen-bond donors (Lipinski definition) is 1. The number of esters is 1. The van der Waals surface area contributed by atoms with E-state index in [1.165, 1.54) is 7.11 Å². The van der Waals surface area contributed by atoms with E-state index in [-0.39, 0.29) is 0 Å². The maximum absolute atomic E-state index is 11.7. The molecule has 5 heteroatoms. The topological polar surface area (TPSA) is 55.0 Å². The summed E-state index contributed by atoms with van der Waals surface area (Å²) in [7, 11) is 1.36. The molecule has 2 aromatic carbocycles. The van der Waals surface area contributed by atoms with Crippen LogP contribution in [0.15, 0.2) is 59.2 Å². The Kier molecular flexibility index (Phi) is 3.58. The Balaban J connectivity index is 1.86. The van der Waals surface area contributed by atoms with E-state index in [9.17, 15) is 4.79 Å². The smallest absolute Gasteiger partial charge is 0.339 e. The maximum Gasteiger partial charge on any atom is 0.339 e. The molecule has 2 aromatic heterocycles. The normalized spacial score (nSPS) is 11.1. The molecule has 118 valence electrons. The Labute approximate surface area is 146 Å². The van der Waals surface area contributed by atoms with Crippen molar-refractivity contribution in [2.75, 3.05) is 7.11 Å². The number of rotatable bonds is 2. The zero-order valence-corrected chi connectivity index (χ0v) is 14.4. The molecule has 4 aromatic rings. The minimum Gasteiger partial charge on any atom is -0.465 e. The predicted molar refractivity (Wildman–Crippen MR) is 98.1 cm³/mol. The van der Waals surface area contributed by atoms with Gasteiger partial charge in [0.2, 0.25) is 0 Å². The highest BCUT2D eigenvalue weighted by molar-refractivity contribution is 9.10. The van der Waals surface area contributed by atoms with Crippen LogP contribution in [0.2, 0.25) is 0 Å².